The zero-order valence-corrected chi connectivity index (χ0v) is 13.4. The van der Waals surface area contributed by atoms with Crippen molar-refractivity contribution in [3.8, 4) is 0 Å². The van der Waals surface area contributed by atoms with E-state index in [1.54, 1.807) is 0 Å². The summed E-state index contributed by atoms with van der Waals surface area (Å²) >= 11 is 0. The summed E-state index contributed by atoms with van der Waals surface area (Å²) in [6, 6.07) is 0. The monoisotopic (exact) mass is 259 g/mol. The Labute approximate surface area is 116 Å². The van der Waals surface area contributed by atoms with Gasteiger partial charge in [-0.25, -0.2) is 0 Å². The van der Waals surface area contributed by atoms with Crippen LogP contribution in [0.1, 0.15) is 77.6 Å². The molecule has 0 saturated carbocycles. The quantitative estimate of drug-likeness (QED) is 0.365. The van der Waals surface area contributed by atoms with Crippen LogP contribution in [-0.2, 0) is 0 Å². The van der Waals surface area contributed by atoms with Gasteiger partial charge in [-0.05, 0) is 12.8 Å². The number of quaternary nitrogens is 1. The average molecular weight is 259 g/mol. The van der Waals surface area contributed by atoms with Crippen LogP contribution >= 0.6 is 0 Å². The molecule has 0 aliphatic carbocycles. The molecule has 18 heavy (non-hydrogen) atoms. The highest BCUT2D eigenvalue weighted by Gasteiger charge is 2.04. The van der Waals surface area contributed by atoms with Gasteiger partial charge in [0.2, 0.25) is 0 Å². The van der Waals surface area contributed by atoms with Gasteiger partial charge in [-0.15, -0.1) is 0 Å². The van der Waals surface area contributed by atoms with Crippen LogP contribution in [0.5, 0.6) is 0 Å². The molecule has 0 aliphatic rings. The molecule has 0 amide bonds. The Kier molecular flexibility index (Phi) is 15.0. The Morgan fingerprint density at radius 2 is 0.889 bits per heavy atom. The minimum Gasteiger partial charge on any atom is -0.870 e. The van der Waals surface area contributed by atoms with Crippen LogP contribution in [0.2, 0.25) is 0 Å². The van der Waals surface area contributed by atoms with Crippen LogP contribution in [0.4, 0.5) is 0 Å². The fraction of sp³-hybridized carbons (Fsp3) is 1.00. The predicted octanol–water partition coefficient (Wildman–Crippen LogP) is 4.83. The SMILES string of the molecule is CCCCCCCCCCCCC[N+](C)(C)C.[OH-]. The molecule has 0 saturated heterocycles. The Bertz CT molecular complexity index is 152. The molecule has 0 heterocycles. The zero-order chi connectivity index (χ0) is 13.0. The summed E-state index contributed by atoms with van der Waals surface area (Å²) in [6.45, 7) is 3.62. The summed E-state index contributed by atoms with van der Waals surface area (Å²) in [5.74, 6) is 0. The van der Waals surface area contributed by atoms with E-state index in [1.165, 1.54) is 77.2 Å². The van der Waals surface area contributed by atoms with E-state index in [4.69, 9.17) is 0 Å². The average Bonchev–Trinajstić information content (AvgIpc) is 2.24. The minimum atomic E-state index is 0. The summed E-state index contributed by atoms with van der Waals surface area (Å²) in [5.41, 5.74) is 0. The lowest BCUT2D eigenvalue weighted by Gasteiger charge is -2.23. The number of nitrogens with zero attached hydrogens (tertiary/aromatic N) is 1. The third-order valence-electron chi connectivity index (χ3n) is 3.43. The lowest BCUT2D eigenvalue weighted by atomic mass is 10.1. The molecular formula is C16H37NO. The minimum absolute atomic E-state index is 0. The lowest BCUT2D eigenvalue weighted by Crippen LogP contribution is -2.35. The van der Waals surface area contributed by atoms with Gasteiger partial charge in [0.1, 0.15) is 0 Å². The van der Waals surface area contributed by atoms with Crippen molar-refractivity contribution >= 4 is 0 Å². The predicted molar refractivity (Wildman–Crippen MR) is 81.3 cm³/mol. The molecule has 0 unspecified atom stereocenters. The first-order valence-electron chi connectivity index (χ1n) is 7.86. The lowest BCUT2D eigenvalue weighted by molar-refractivity contribution is -0.870. The van der Waals surface area contributed by atoms with E-state index in [-0.39, 0.29) is 5.48 Å². The van der Waals surface area contributed by atoms with Gasteiger partial charge in [-0.3, -0.25) is 0 Å². The Balaban J connectivity index is 0. The smallest absolute Gasteiger partial charge is 0.0780 e. The van der Waals surface area contributed by atoms with E-state index in [1.807, 2.05) is 0 Å². The molecule has 0 rings (SSSR count). The molecule has 0 fully saturated rings. The Hall–Kier alpha value is -0.0800. The molecule has 0 spiro atoms. The Morgan fingerprint density at radius 1 is 0.556 bits per heavy atom. The fourth-order valence-corrected chi connectivity index (χ4v) is 2.25. The largest absolute Gasteiger partial charge is 0.870 e. The van der Waals surface area contributed by atoms with Crippen molar-refractivity contribution in [2.24, 2.45) is 0 Å². The molecule has 2 nitrogen and oxygen atoms in total. The molecule has 1 N–H and O–H groups in total. The van der Waals surface area contributed by atoms with Gasteiger partial charge in [0.05, 0.1) is 27.7 Å². The number of unbranched alkanes of at least 4 members (excludes halogenated alkanes) is 10. The van der Waals surface area contributed by atoms with Gasteiger partial charge in [0.15, 0.2) is 0 Å². The summed E-state index contributed by atoms with van der Waals surface area (Å²) < 4.78 is 1.12. The van der Waals surface area contributed by atoms with E-state index in [0.717, 1.165) is 4.48 Å². The van der Waals surface area contributed by atoms with Crippen molar-refractivity contribution in [2.75, 3.05) is 27.7 Å². The fourth-order valence-electron chi connectivity index (χ4n) is 2.25. The molecular weight excluding hydrogens is 222 g/mol. The van der Waals surface area contributed by atoms with Gasteiger partial charge >= 0.3 is 0 Å². The van der Waals surface area contributed by atoms with Gasteiger partial charge in [-0.1, -0.05) is 64.7 Å². The highest BCUT2D eigenvalue weighted by molar-refractivity contribution is 4.47. The first kappa shape index (κ1) is 20.2. The third kappa shape index (κ3) is 18.3. The molecule has 0 aromatic carbocycles. The molecule has 2 heteroatoms. The number of hydrogen-bond donors (Lipinski definition) is 0. The van der Waals surface area contributed by atoms with Gasteiger partial charge in [0, 0.05) is 0 Å². The Morgan fingerprint density at radius 3 is 1.22 bits per heavy atom. The molecule has 112 valence electrons. The van der Waals surface area contributed by atoms with Crippen molar-refractivity contribution in [3.63, 3.8) is 0 Å². The highest BCUT2D eigenvalue weighted by atomic mass is 16.0. The zero-order valence-electron chi connectivity index (χ0n) is 13.4. The molecule has 0 bridgehead atoms. The van der Waals surface area contributed by atoms with E-state index >= 15 is 0 Å². The maximum atomic E-state index is 2.29. The van der Waals surface area contributed by atoms with Crippen molar-refractivity contribution in [3.05, 3.63) is 0 Å². The molecule has 0 atom stereocenters. The van der Waals surface area contributed by atoms with Gasteiger partial charge in [-0.2, -0.15) is 0 Å². The van der Waals surface area contributed by atoms with Crippen molar-refractivity contribution in [2.45, 2.75) is 77.6 Å². The maximum Gasteiger partial charge on any atom is 0.0780 e. The van der Waals surface area contributed by atoms with Crippen molar-refractivity contribution in [1.29, 1.82) is 0 Å². The first-order chi connectivity index (χ1) is 8.06. The molecule has 0 radical (unpaired) electrons. The first-order valence-corrected chi connectivity index (χ1v) is 7.86. The number of rotatable bonds is 12. The van der Waals surface area contributed by atoms with Gasteiger partial charge < -0.3 is 9.96 Å². The van der Waals surface area contributed by atoms with Crippen LogP contribution in [0.25, 0.3) is 0 Å². The van der Waals surface area contributed by atoms with Crippen LogP contribution in [0.15, 0.2) is 0 Å². The summed E-state index contributed by atoms with van der Waals surface area (Å²) in [6.07, 6.45) is 15.9. The maximum absolute atomic E-state index is 2.29. The second-order valence-electron chi connectivity index (χ2n) is 6.55. The second kappa shape index (κ2) is 13.4. The summed E-state index contributed by atoms with van der Waals surface area (Å²) in [4.78, 5) is 0. The van der Waals surface area contributed by atoms with E-state index in [9.17, 15) is 0 Å². The number of hydrogen-bond acceptors (Lipinski definition) is 1. The van der Waals surface area contributed by atoms with Crippen LogP contribution in [0, 0.1) is 0 Å². The standard InChI is InChI=1S/C16H36N.H2O/c1-5-6-7-8-9-10-11-12-13-14-15-16-17(2,3)4;/h5-16H2,1-4H3;1H2/q+1;/p-1. The molecule has 0 aliphatic heterocycles. The van der Waals surface area contributed by atoms with E-state index < -0.39 is 0 Å². The normalized spacial score (nSPS) is 11.3. The van der Waals surface area contributed by atoms with Crippen LogP contribution in [-0.4, -0.2) is 37.6 Å². The molecule has 0 aromatic rings. The van der Waals surface area contributed by atoms with E-state index in [2.05, 4.69) is 28.1 Å². The summed E-state index contributed by atoms with van der Waals surface area (Å²) in [5, 5.41) is 0. The van der Waals surface area contributed by atoms with E-state index in [0.29, 0.717) is 0 Å². The van der Waals surface area contributed by atoms with Crippen LogP contribution in [0.3, 0.4) is 0 Å². The summed E-state index contributed by atoms with van der Waals surface area (Å²) in [7, 11) is 6.86. The second-order valence-corrected chi connectivity index (χ2v) is 6.55. The molecule has 0 aromatic heterocycles. The van der Waals surface area contributed by atoms with Crippen molar-refractivity contribution in [1.82, 2.24) is 0 Å². The highest BCUT2D eigenvalue weighted by Crippen LogP contribution is 2.11. The third-order valence-corrected chi connectivity index (χ3v) is 3.43. The van der Waals surface area contributed by atoms with Crippen LogP contribution < -0.4 is 0 Å². The van der Waals surface area contributed by atoms with Gasteiger partial charge in [0.25, 0.3) is 0 Å². The topological polar surface area (TPSA) is 30.0 Å². The van der Waals surface area contributed by atoms with Crippen molar-refractivity contribution < 1.29 is 9.96 Å².